The highest BCUT2D eigenvalue weighted by Gasteiger charge is 2.08. The van der Waals surface area contributed by atoms with Crippen molar-refractivity contribution in [1.29, 1.82) is 0 Å². The summed E-state index contributed by atoms with van der Waals surface area (Å²) in [5, 5.41) is 4.69. The highest BCUT2D eigenvalue weighted by Crippen LogP contribution is 2.22. The summed E-state index contributed by atoms with van der Waals surface area (Å²) in [6.45, 7) is 0. The van der Waals surface area contributed by atoms with Crippen LogP contribution in [-0.4, -0.2) is 9.55 Å². The van der Waals surface area contributed by atoms with Crippen molar-refractivity contribution < 1.29 is 0 Å². The van der Waals surface area contributed by atoms with Crippen LogP contribution in [0.4, 0.5) is 0 Å². The maximum atomic E-state index is 12.0. The molecule has 17 heavy (non-hydrogen) atoms. The molecule has 0 amide bonds. The van der Waals surface area contributed by atoms with Crippen molar-refractivity contribution in [3.05, 3.63) is 51.4 Å². The monoisotopic (exact) mass is 242 g/mol. The minimum Gasteiger partial charge on any atom is -0.328 e. The van der Waals surface area contributed by atoms with Crippen LogP contribution in [0, 0.1) is 0 Å². The average molecular weight is 242 g/mol. The van der Waals surface area contributed by atoms with E-state index in [9.17, 15) is 4.79 Å². The molecule has 0 saturated heterocycles. The van der Waals surface area contributed by atoms with Gasteiger partial charge in [-0.2, -0.15) is 11.3 Å². The molecule has 0 atom stereocenters. The number of thiophene rings is 1. The number of hydrogen-bond donors (Lipinski definition) is 0. The summed E-state index contributed by atoms with van der Waals surface area (Å²) in [5.74, 6) is 0. The molecule has 0 radical (unpaired) electrons. The van der Waals surface area contributed by atoms with Crippen molar-refractivity contribution in [3.63, 3.8) is 0 Å². The second kappa shape index (κ2) is 3.82. The topological polar surface area (TPSA) is 34.9 Å². The molecule has 3 rings (SSSR count). The number of pyridine rings is 2. The van der Waals surface area contributed by atoms with Gasteiger partial charge in [0.25, 0.3) is 0 Å². The van der Waals surface area contributed by atoms with Gasteiger partial charge in [-0.3, -0.25) is 4.79 Å². The maximum absolute atomic E-state index is 12.0. The van der Waals surface area contributed by atoms with Gasteiger partial charge in [-0.05, 0) is 23.6 Å². The van der Waals surface area contributed by atoms with Crippen LogP contribution in [0.1, 0.15) is 0 Å². The molecule has 0 aliphatic heterocycles. The molecule has 3 aromatic heterocycles. The summed E-state index contributed by atoms with van der Waals surface area (Å²) in [5.41, 5.74) is 2.71. The van der Waals surface area contributed by atoms with Crippen LogP contribution in [0.2, 0.25) is 0 Å². The molecule has 0 N–H and O–H groups in total. The first-order chi connectivity index (χ1) is 8.27. The van der Waals surface area contributed by atoms with E-state index in [0.717, 1.165) is 16.9 Å². The van der Waals surface area contributed by atoms with E-state index in [1.54, 1.807) is 29.7 Å². The molecule has 0 aliphatic rings. The van der Waals surface area contributed by atoms with Crippen LogP contribution >= 0.6 is 11.3 Å². The minimum atomic E-state index is 0.0207. The molecule has 3 nitrogen and oxygen atoms in total. The fraction of sp³-hybridized carbons (Fsp3) is 0.0769. The second-order valence-corrected chi connectivity index (χ2v) is 4.62. The zero-order chi connectivity index (χ0) is 11.8. The summed E-state index contributed by atoms with van der Waals surface area (Å²) in [7, 11) is 1.93. The second-order valence-electron chi connectivity index (χ2n) is 3.84. The quantitative estimate of drug-likeness (QED) is 0.657. The predicted octanol–water partition coefficient (Wildman–Crippen LogP) is 2.66. The van der Waals surface area contributed by atoms with Gasteiger partial charge in [-0.1, -0.05) is 0 Å². The van der Waals surface area contributed by atoms with Crippen molar-refractivity contribution >= 4 is 22.4 Å². The lowest BCUT2D eigenvalue weighted by molar-refractivity contribution is 0.939. The maximum Gasteiger partial charge on any atom is 0.191 e. The number of rotatable bonds is 1. The zero-order valence-electron chi connectivity index (χ0n) is 9.25. The SMILES string of the molecule is Cn1c(-c2ccsc2)cc(=O)c2cccnc21. The number of aromatic nitrogens is 2. The van der Waals surface area contributed by atoms with E-state index < -0.39 is 0 Å². The van der Waals surface area contributed by atoms with Crippen molar-refractivity contribution in [2.24, 2.45) is 7.05 Å². The predicted molar refractivity (Wildman–Crippen MR) is 70.3 cm³/mol. The molecule has 0 unspecified atom stereocenters. The highest BCUT2D eigenvalue weighted by atomic mass is 32.1. The van der Waals surface area contributed by atoms with Gasteiger partial charge in [-0.25, -0.2) is 4.98 Å². The first-order valence-electron chi connectivity index (χ1n) is 5.25. The first kappa shape index (κ1) is 10.2. The van der Waals surface area contributed by atoms with Crippen molar-refractivity contribution in [1.82, 2.24) is 9.55 Å². The Bertz CT molecular complexity index is 729. The largest absolute Gasteiger partial charge is 0.328 e. The van der Waals surface area contributed by atoms with E-state index >= 15 is 0 Å². The highest BCUT2D eigenvalue weighted by molar-refractivity contribution is 7.08. The molecule has 0 bridgehead atoms. The Morgan fingerprint density at radius 1 is 1.35 bits per heavy atom. The Balaban J connectivity index is 2.43. The van der Waals surface area contributed by atoms with E-state index in [2.05, 4.69) is 4.98 Å². The summed E-state index contributed by atoms with van der Waals surface area (Å²) < 4.78 is 1.96. The van der Waals surface area contributed by atoms with Crippen LogP contribution in [0.3, 0.4) is 0 Å². The molecule has 84 valence electrons. The number of hydrogen-bond acceptors (Lipinski definition) is 3. The van der Waals surface area contributed by atoms with Gasteiger partial charge in [0.1, 0.15) is 5.65 Å². The first-order valence-corrected chi connectivity index (χ1v) is 6.19. The Hall–Kier alpha value is -1.94. The van der Waals surface area contributed by atoms with Gasteiger partial charge < -0.3 is 4.57 Å². The van der Waals surface area contributed by atoms with Crippen molar-refractivity contribution in [3.8, 4) is 11.3 Å². The third kappa shape index (κ3) is 1.57. The molecular weight excluding hydrogens is 232 g/mol. The molecule has 3 aromatic rings. The molecule has 3 heterocycles. The molecule has 0 aliphatic carbocycles. The van der Waals surface area contributed by atoms with E-state index in [4.69, 9.17) is 0 Å². The minimum absolute atomic E-state index is 0.0207. The summed E-state index contributed by atoms with van der Waals surface area (Å²) in [4.78, 5) is 16.3. The number of nitrogens with zero attached hydrogens (tertiary/aromatic N) is 2. The molecule has 0 spiro atoms. The van der Waals surface area contributed by atoms with Gasteiger partial charge in [-0.15, -0.1) is 0 Å². The standard InChI is InChI=1S/C13H10N2OS/c1-15-11(9-4-6-17-8-9)7-12(16)10-3-2-5-14-13(10)15/h2-8H,1H3. The smallest absolute Gasteiger partial charge is 0.191 e. The van der Waals surface area contributed by atoms with Gasteiger partial charge in [0, 0.05) is 30.3 Å². The lowest BCUT2D eigenvalue weighted by Crippen LogP contribution is -2.09. The summed E-state index contributed by atoms with van der Waals surface area (Å²) >= 11 is 1.62. The van der Waals surface area contributed by atoms with Crippen molar-refractivity contribution in [2.75, 3.05) is 0 Å². The van der Waals surface area contributed by atoms with Crippen LogP contribution in [0.15, 0.2) is 46.0 Å². The van der Waals surface area contributed by atoms with Crippen molar-refractivity contribution in [2.45, 2.75) is 0 Å². The molecule has 0 aromatic carbocycles. The van der Waals surface area contributed by atoms with E-state index in [1.807, 2.05) is 34.5 Å². The van der Waals surface area contributed by atoms with E-state index in [-0.39, 0.29) is 5.43 Å². The normalized spacial score (nSPS) is 10.9. The Labute approximate surface area is 102 Å². The average Bonchev–Trinajstić information content (AvgIpc) is 2.87. The fourth-order valence-corrected chi connectivity index (χ4v) is 2.61. The van der Waals surface area contributed by atoms with Crippen LogP contribution < -0.4 is 5.43 Å². The molecular formula is C13H10N2OS. The van der Waals surface area contributed by atoms with Crippen LogP contribution in [0.25, 0.3) is 22.3 Å². The Morgan fingerprint density at radius 3 is 3.00 bits per heavy atom. The number of fused-ring (bicyclic) bond motifs is 1. The lowest BCUT2D eigenvalue weighted by Gasteiger charge is -2.09. The summed E-state index contributed by atoms with van der Waals surface area (Å²) in [6, 6.07) is 7.27. The van der Waals surface area contributed by atoms with Crippen LogP contribution in [-0.2, 0) is 7.05 Å². The van der Waals surface area contributed by atoms with E-state index in [1.165, 1.54) is 0 Å². The Kier molecular flexibility index (Phi) is 2.30. The third-order valence-electron chi connectivity index (χ3n) is 2.82. The van der Waals surface area contributed by atoms with Crippen LogP contribution in [0.5, 0.6) is 0 Å². The van der Waals surface area contributed by atoms with Gasteiger partial charge in [0.15, 0.2) is 5.43 Å². The van der Waals surface area contributed by atoms with Gasteiger partial charge in [0.05, 0.1) is 11.1 Å². The van der Waals surface area contributed by atoms with Gasteiger partial charge >= 0.3 is 0 Å². The fourth-order valence-electron chi connectivity index (χ4n) is 1.96. The number of aryl methyl sites for hydroxylation is 1. The lowest BCUT2D eigenvalue weighted by atomic mass is 10.2. The molecule has 0 fully saturated rings. The molecule has 0 saturated carbocycles. The zero-order valence-corrected chi connectivity index (χ0v) is 10.1. The van der Waals surface area contributed by atoms with Gasteiger partial charge in [0.2, 0.25) is 0 Å². The summed E-state index contributed by atoms with van der Waals surface area (Å²) in [6.07, 6.45) is 1.71. The molecule has 4 heteroatoms. The van der Waals surface area contributed by atoms with E-state index in [0.29, 0.717) is 5.39 Å². The third-order valence-corrected chi connectivity index (χ3v) is 3.50. The Morgan fingerprint density at radius 2 is 2.24 bits per heavy atom.